The van der Waals surface area contributed by atoms with Crippen LogP contribution in [0.3, 0.4) is 0 Å². The van der Waals surface area contributed by atoms with Crippen molar-refractivity contribution in [3.63, 3.8) is 0 Å². The maximum atomic E-state index is 13.1. The minimum Gasteiger partial charge on any atom is -0.330 e. The molecule has 0 aliphatic heterocycles. The van der Waals surface area contributed by atoms with Crippen LogP contribution in [0.2, 0.25) is 0 Å². The lowest BCUT2D eigenvalue weighted by molar-refractivity contribution is -0.116. The van der Waals surface area contributed by atoms with E-state index in [0.29, 0.717) is 30.9 Å². The number of anilines is 1. The van der Waals surface area contributed by atoms with Gasteiger partial charge in [-0.1, -0.05) is 12.1 Å². The largest absolute Gasteiger partial charge is 0.330 e. The molecule has 1 amide bonds. The normalized spacial score (nSPS) is 10.5. The first-order valence-corrected chi connectivity index (χ1v) is 7.18. The summed E-state index contributed by atoms with van der Waals surface area (Å²) in [4.78, 5) is 16.7. The number of carbonyl (C=O) groups excluding carboxylic acids is 1. The highest BCUT2D eigenvalue weighted by Gasteiger charge is 2.07. The molecule has 0 aliphatic carbocycles. The summed E-state index contributed by atoms with van der Waals surface area (Å²) in [5, 5.41) is 3.30. The summed E-state index contributed by atoms with van der Waals surface area (Å²) in [5.41, 5.74) is 6.23. The number of benzene rings is 1. The van der Waals surface area contributed by atoms with Crippen molar-refractivity contribution in [2.75, 3.05) is 11.9 Å². The first-order chi connectivity index (χ1) is 9.67. The Balaban J connectivity index is 1.93. The zero-order chi connectivity index (χ0) is 14.4. The highest BCUT2D eigenvalue weighted by molar-refractivity contribution is 7.15. The molecule has 0 unspecified atom stereocenters. The fourth-order valence-electron chi connectivity index (χ4n) is 1.74. The van der Waals surface area contributed by atoms with Crippen LogP contribution in [0.25, 0.3) is 0 Å². The van der Waals surface area contributed by atoms with Crippen LogP contribution in [0.15, 0.2) is 30.5 Å². The average molecular weight is 293 g/mol. The Labute approximate surface area is 120 Å². The maximum Gasteiger partial charge on any atom is 0.226 e. The molecule has 1 aromatic heterocycles. The molecule has 2 rings (SSSR count). The van der Waals surface area contributed by atoms with Crippen molar-refractivity contribution in [1.29, 1.82) is 0 Å². The Morgan fingerprint density at radius 3 is 3.05 bits per heavy atom. The van der Waals surface area contributed by atoms with E-state index in [2.05, 4.69) is 10.3 Å². The molecule has 6 heteroatoms. The van der Waals surface area contributed by atoms with E-state index in [1.165, 1.54) is 23.5 Å². The number of halogens is 1. The number of nitrogens with zero attached hydrogens (tertiary/aromatic N) is 1. The third-order valence-corrected chi connectivity index (χ3v) is 3.59. The van der Waals surface area contributed by atoms with Gasteiger partial charge >= 0.3 is 0 Å². The van der Waals surface area contributed by atoms with Gasteiger partial charge < -0.3 is 11.1 Å². The van der Waals surface area contributed by atoms with Crippen LogP contribution in [0.5, 0.6) is 0 Å². The van der Waals surface area contributed by atoms with E-state index in [1.807, 2.05) is 6.07 Å². The first-order valence-electron chi connectivity index (χ1n) is 6.36. The third-order valence-electron chi connectivity index (χ3n) is 2.68. The van der Waals surface area contributed by atoms with Gasteiger partial charge in [0.05, 0.1) is 0 Å². The van der Waals surface area contributed by atoms with Crippen molar-refractivity contribution < 1.29 is 9.18 Å². The molecule has 0 bridgehead atoms. The van der Waals surface area contributed by atoms with Gasteiger partial charge in [-0.3, -0.25) is 4.79 Å². The number of hydrogen-bond acceptors (Lipinski definition) is 4. The van der Waals surface area contributed by atoms with Crippen molar-refractivity contribution in [3.8, 4) is 0 Å². The molecule has 0 saturated heterocycles. The number of amides is 1. The van der Waals surface area contributed by atoms with E-state index in [-0.39, 0.29) is 11.7 Å². The minimum atomic E-state index is -0.248. The van der Waals surface area contributed by atoms with Gasteiger partial charge in [-0.05, 0) is 30.7 Å². The zero-order valence-electron chi connectivity index (χ0n) is 10.9. The molecule has 0 spiro atoms. The minimum absolute atomic E-state index is 0.0814. The molecular formula is C14H16FN3OS. The molecule has 3 N–H and O–H groups in total. The molecule has 1 aromatic carbocycles. The van der Waals surface area contributed by atoms with E-state index in [4.69, 9.17) is 5.73 Å². The molecule has 0 fully saturated rings. The summed E-state index contributed by atoms with van der Waals surface area (Å²) in [6.07, 6.45) is 3.37. The van der Waals surface area contributed by atoms with Gasteiger partial charge in [-0.15, -0.1) is 11.3 Å². The maximum absolute atomic E-state index is 13.1. The molecule has 4 nitrogen and oxygen atoms in total. The van der Waals surface area contributed by atoms with Crippen LogP contribution in [0.4, 0.5) is 9.52 Å². The van der Waals surface area contributed by atoms with Crippen LogP contribution in [0, 0.1) is 5.82 Å². The van der Waals surface area contributed by atoms with Gasteiger partial charge in [0.1, 0.15) is 5.82 Å². The Kier molecular flexibility index (Phi) is 5.20. The fourth-order valence-corrected chi connectivity index (χ4v) is 2.60. The molecule has 0 atom stereocenters. The first kappa shape index (κ1) is 14.6. The number of rotatable bonds is 6. The summed E-state index contributed by atoms with van der Waals surface area (Å²) in [7, 11) is 0. The Hall–Kier alpha value is -1.79. The Bertz CT molecular complexity index is 585. The van der Waals surface area contributed by atoms with Gasteiger partial charge in [-0.2, -0.15) is 0 Å². The van der Waals surface area contributed by atoms with Crippen molar-refractivity contribution in [3.05, 3.63) is 46.7 Å². The standard InChI is InChI=1S/C14H16FN3OS/c15-11-4-1-3-10(7-11)8-12-9-17-14(20-12)18-13(19)5-2-6-16/h1,3-4,7,9H,2,5-6,8,16H2,(H,17,18,19). The van der Waals surface area contributed by atoms with Crippen molar-refractivity contribution in [1.82, 2.24) is 4.98 Å². The van der Waals surface area contributed by atoms with Crippen LogP contribution in [-0.4, -0.2) is 17.4 Å². The summed E-state index contributed by atoms with van der Waals surface area (Å²) in [6.45, 7) is 0.496. The summed E-state index contributed by atoms with van der Waals surface area (Å²) in [6, 6.07) is 6.46. The van der Waals surface area contributed by atoms with E-state index in [9.17, 15) is 9.18 Å². The quantitative estimate of drug-likeness (QED) is 0.860. The van der Waals surface area contributed by atoms with Crippen LogP contribution in [-0.2, 0) is 11.2 Å². The number of carbonyl (C=O) groups is 1. The summed E-state index contributed by atoms with van der Waals surface area (Å²) in [5.74, 6) is -0.329. The predicted molar refractivity (Wildman–Crippen MR) is 78.2 cm³/mol. The highest BCUT2D eigenvalue weighted by Crippen LogP contribution is 2.21. The third kappa shape index (κ3) is 4.40. The van der Waals surface area contributed by atoms with Gasteiger partial charge in [0.25, 0.3) is 0 Å². The van der Waals surface area contributed by atoms with Gasteiger partial charge in [0, 0.05) is 23.9 Å². The van der Waals surface area contributed by atoms with Crippen LogP contribution in [0.1, 0.15) is 23.3 Å². The molecule has 0 radical (unpaired) electrons. The fraction of sp³-hybridized carbons (Fsp3) is 0.286. The SMILES string of the molecule is NCCCC(=O)Nc1ncc(Cc2cccc(F)c2)s1. The van der Waals surface area contributed by atoms with E-state index >= 15 is 0 Å². The van der Waals surface area contributed by atoms with Gasteiger partial charge in [-0.25, -0.2) is 9.37 Å². The smallest absolute Gasteiger partial charge is 0.226 e. The second-order valence-electron chi connectivity index (χ2n) is 4.38. The second kappa shape index (κ2) is 7.12. The lowest BCUT2D eigenvalue weighted by atomic mass is 10.1. The van der Waals surface area contributed by atoms with Crippen molar-refractivity contribution >= 4 is 22.4 Å². The molecule has 2 aromatic rings. The second-order valence-corrected chi connectivity index (χ2v) is 5.49. The number of thiazole rings is 1. The van der Waals surface area contributed by atoms with Crippen molar-refractivity contribution in [2.45, 2.75) is 19.3 Å². The van der Waals surface area contributed by atoms with Crippen molar-refractivity contribution in [2.24, 2.45) is 5.73 Å². The molecule has 1 heterocycles. The van der Waals surface area contributed by atoms with E-state index in [1.54, 1.807) is 12.3 Å². The molecule has 0 saturated carbocycles. The van der Waals surface area contributed by atoms with E-state index < -0.39 is 0 Å². The summed E-state index contributed by atoms with van der Waals surface area (Å²) < 4.78 is 13.1. The molecule has 106 valence electrons. The zero-order valence-corrected chi connectivity index (χ0v) is 11.8. The number of nitrogens with one attached hydrogen (secondary N) is 1. The Morgan fingerprint density at radius 1 is 1.45 bits per heavy atom. The molecule has 20 heavy (non-hydrogen) atoms. The van der Waals surface area contributed by atoms with Gasteiger partial charge in [0.2, 0.25) is 5.91 Å². The predicted octanol–water partition coefficient (Wildman–Crippen LogP) is 2.55. The molecular weight excluding hydrogens is 277 g/mol. The number of hydrogen-bond donors (Lipinski definition) is 2. The lowest BCUT2D eigenvalue weighted by Crippen LogP contribution is -2.13. The van der Waals surface area contributed by atoms with E-state index in [0.717, 1.165) is 10.4 Å². The highest BCUT2D eigenvalue weighted by atomic mass is 32.1. The monoisotopic (exact) mass is 293 g/mol. The van der Waals surface area contributed by atoms with Crippen LogP contribution < -0.4 is 11.1 Å². The lowest BCUT2D eigenvalue weighted by Gasteiger charge is -2.00. The van der Waals surface area contributed by atoms with Gasteiger partial charge in [0.15, 0.2) is 5.13 Å². The average Bonchev–Trinajstić information content (AvgIpc) is 2.83. The number of nitrogens with two attached hydrogens (primary N) is 1. The summed E-state index contributed by atoms with van der Waals surface area (Å²) >= 11 is 1.40. The van der Waals surface area contributed by atoms with Crippen LogP contribution >= 0.6 is 11.3 Å². The Morgan fingerprint density at radius 2 is 2.30 bits per heavy atom. The topological polar surface area (TPSA) is 68.0 Å². The number of aromatic nitrogens is 1. The molecule has 0 aliphatic rings.